The molecule has 1 aromatic heterocycles. The zero-order valence-electron chi connectivity index (χ0n) is 13.1. The smallest absolute Gasteiger partial charge is 0.255 e. The molecule has 0 aliphatic rings. The molecule has 1 amide bonds. The largest absolute Gasteiger partial charge is 0.319 e. The molecule has 0 bridgehead atoms. The molecule has 0 radical (unpaired) electrons. The summed E-state index contributed by atoms with van der Waals surface area (Å²) in [5, 5.41) is 7.12. The van der Waals surface area contributed by atoms with Crippen molar-refractivity contribution in [3.8, 4) is 0 Å². The van der Waals surface area contributed by atoms with Gasteiger partial charge in [0.1, 0.15) is 0 Å². The number of nitrogens with one attached hydrogen (secondary N) is 1. The number of amides is 1. The first-order valence-corrected chi connectivity index (χ1v) is 7.01. The monoisotopic (exact) mass is 286 g/mol. The number of nitrogens with zero attached hydrogens (tertiary/aromatic N) is 3. The maximum atomic E-state index is 12.2. The van der Waals surface area contributed by atoms with Gasteiger partial charge >= 0.3 is 0 Å². The summed E-state index contributed by atoms with van der Waals surface area (Å²) in [7, 11) is 4.04. The second-order valence-corrected chi connectivity index (χ2v) is 5.55. The SMILES string of the molecule is Cc1ccc(C(=O)Nc2cnn(CCN(C)C)c2)cc1C. The van der Waals surface area contributed by atoms with Crippen molar-refractivity contribution in [2.24, 2.45) is 0 Å². The van der Waals surface area contributed by atoms with Crippen LogP contribution in [0.4, 0.5) is 5.69 Å². The molecular weight excluding hydrogens is 264 g/mol. The lowest BCUT2D eigenvalue weighted by atomic mass is 10.1. The Kier molecular flexibility index (Phi) is 4.75. The minimum atomic E-state index is -0.106. The quantitative estimate of drug-likeness (QED) is 0.917. The lowest BCUT2D eigenvalue weighted by Crippen LogP contribution is -2.18. The Bertz CT molecular complexity index is 631. The number of rotatable bonds is 5. The number of aryl methyl sites for hydroxylation is 2. The minimum absolute atomic E-state index is 0.106. The van der Waals surface area contributed by atoms with E-state index < -0.39 is 0 Å². The van der Waals surface area contributed by atoms with Gasteiger partial charge in [0.05, 0.1) is 18.4 Å². The fourth-order valence-corrected chi connectivity index (χ4v) is 1.94. The molecule has 2 aromatic rings. The molecule has 1 N–H and O–H groups in total. The number of carbonyl (C=O) groups excluding carboxylic acids is 1. The average molecular weight is 286 g/mol. The number of hydrogen-bond donors (Lipinski definition) is 1. The van der Waals surface area contributed by atoms with Gasteiger partial charge in [0, 0.05) is 18.3 Å². The van der Waals surface area contributed by atoms with Gasteiger partial charge in [-0.1, -0.05) is 6.07 Å². The van der Waals surface area contributed by atoms with E-state index in [0.29, 0.717) is 5.56 Å². The van der Waals surface area contributed by atoms with Crippen molar-refractivity contribution in [3.05, 3.63) is 47.3 Å². The summed E-state index contributed by atoms with van der Waals surface area (Å²) in [5.74, 6) is -0.106. The standard InChI is InChI=1S/C16H22N4O/c1-12-5-6-14(9-13(12)2)16(21)18-15-10-17-20(11-15)8-7-19(3)4/h5-6,9-11H,7-8H2,1-4H3,(H,18,21). The zero-order valence-corrected chi connectivity index (χ0v) is 13.1. The van der Waals surface area contributed by atoms with Gasteiger partial charge in [0.2, 0.25) is 0 Å². The van der Waals surface area contributed by atoms with Crippen LogP contribution in [0.1, 0.15) is 21.5 Å². The van der Waals surface area contributed by atoms with E-state index in [2.05, 4.69) is 15.3 Å². The molecule has 1 aromatic carbocycles. The van der Waals surface area contributed by atoms with Crippen LogP contribution in [-0.2, 0) is 6.54 Å². The van der Waals surface area contributed by atoms with Crippen molar-refractivity contribution in [3.63, 3.8) is 0 Å². The number of aromatic nitrogens is 2. The highest BCUT2D eigenvalue weighted by atomic mass is 16.1. The molecule has 1 heterocycles. The average Bonchev–Trinajstić information content (AvgIpc) is 2.87. The van der Waals surface area contributed by atoms with Crippen LogP contribution in [0.3, 0.4) is 0 Å². The molecule has 0 aliphatic heterocycles. The van der Waals surface area contributed by atoms with Gasteiger partial charge < -0.3 is 10.2 Å². The van der Waals surface area contributed by atoms with Gasteiger partial charge in [-0.05, 0) is 51.2 Å². The van der Waals surface area contributed by atoms with Gasteiger partial charge in [-0.3, -0.25) is 9.48 Å². The van der Waals surface area contributed by atoms with Crippen molar-refractivity contribution in [1.29, 1.82) is 0 Å². The molecule has 112 valence electrons. The van der Waals surface area contributed by atoms with Gasteiger partial charge in [-0.2, -0.15) is 5.10 Å². The van der Waals surface area contributed by atoms with E-state index in [0.717, 1.165) is 24.3 Å². The van der Waals surface area contributed by atoms with Crippen LogP contribution in [0.25, 0.3) is 0 Å². The van der Waals surface area contributed by atoms with Gasteiger partial charge in [-0.15, -0.1) is 0 Å². The highest BCUT2D eigenvalue weighted by Gasteiger charge is 2.08. The highest BCUT2D eigenvalue weighted by Crippen LogP contribution is 2.12. The van der Waals surface area contributed by atoms with Crippen LogP contribution in [0.2, 0.25) is 0 Å². The zero-order chi connectivity index (χ0) is 15.4. The Hall–Kier alpha value is -2.14. The summed E-state index contributed by atoms with van der Waals surface area (Å²) in [4.78, 5) is 14.3. The lowest BCUT2D eigenvalue weighted by molar-refractivity contribution is 0.102. The normalized spacial score (nSPS) is 10.9. The first-order chi connectivity index (χ1) is 9.95. The second-order valence-electron chi connectivity index (χ2n) is 5.55. The highest BCUT2D eigenvalue weighted by molar-refractivity contribution is 6.04. The first kappa shape index (κ1) is 15.3. The van der Waals surface area contributed by atoms with Gasteiger partial charge in [0.25, 0.3) is 5.91 Å². The fourth-order valence-electron chi connectivity index (χ4n) is 1.94. The van der Waals surface area contributed by atoms with Crippen LogP contribution in [0.5, 0.6) is 0 Å². The summed E-state index contributed by atoms with van der Waals surface area (Å²) in [5.41, 5.74) is 3.68. The van der Waals surface area contributed by atoms with Crippen LogP contribution in [0, 0.1) is 13.8 Å². The molecule has 0 aliphatic carbocycles. The predicted octanol–water partition coefficient (Wildman–Crippen LogP) is 2.31. The number of anilines is 1. The summed E-state index contributed by atoms with van der Waals surface area (Å²) in [6.45, 7) is 5.75. The number of carbonyl (C=O) groups is 1. The van der Waals surface area contributed by atoms with Crippen LogP contribution >= 0.6 is 0 Å². The Morgan fingerprint density at radius 2 is 2.05 bits per heavy atom. The van der Waals surface area contributed by atoms with Crippen LogP contribution in [-0.4, -0.2) is 41.2 Å². The summed E-state index contributed by atoms with van der Waals surface area (Å²) < 4.78 is 1.83. The second kappa shape index (κ2) is 6.54. The Labute approximate surface area is 125 Å². The third-order valence-electron chi connectivity index (χ3n) is 3.44. The van der Waals surface area contributed by atoms with Crippen LogP contribution in [0.15, 0.2) is 30.6 Å². The molecule has 0 atom stereocenters. The van der Waals surface area contributed by atoms with Crippen molar-refractivity contribution in [2.45, 2.75) is 20.4 Å². The molecule has 5 heteroatoms. The molecular formula is C16H22N4O. The third kappa shape index (κ3) is 4.16. The first-order valence-electron chi connectivity index (χ1n) is 7.01. The Balaban J connectivity index is 2.00. The summed E-state index contributed by atoms with van der Waals surface area (Å²) in [6, 6.07) is 5.71. The molecule has 0 fully saturated rings. The van der Waals surface area contributed by atoms with Crippen molar-refractivity contribution >= 4 is 11.6 Å². The van der Waals surface area contributed by atoms with Crippen molar-refractivity contribution in [1.82, 2.24) is 14.7 Å². The van der Waals surface area contributed by atoms with E-state index >= 15 is 0 Å². The molecule has 0 unspecified atom stereocenters. The lowest BCUT2D eigenvalue weighted by Gasteiger charge is -2.08. The minimum Gasteiger partial charge on any atom is -0.319 e. The molecule has 0 saturated carbocycles. The van der Waals surface area contributed by atoms with Crippen molar-refractivity contribution in [2.75, 3.05) is 26.0 Å². The summed E-state index contributed by atoms with van der Waals surface area (Å²) >= 11 is 0. The van der Waals surface area contributed by atoms with E-state index in [1.54, 1.807) is 6.20 Å². The summed E-state index contributed by atoms with van der Waals surface area (Å²) in [6.07, 6.45) is 3.52. The van der Waals surface area contributed by atoms with E-state index in [-0.39, 0.29) is 5.91 Å². The topological polar surface area (TPSA) is 50.2 Å². The van der Waals surface area contributed by atoms with Gasteiger partial charge in [0.15, 0.2) is 0 Å². The Morgan fingerprint density at radius 3 is 2.71 bits per heavy atom. The fraction of sp³-hybridized carbons (Fsp3) is 0.375. The van der Waals surface area contributed by atoms with E-state index in [4.69, 9.17) is 0 Å². The van der Waals surface area contributed by atoms with Crippen molar-refractivity contribution < 1.29 is 4.79 Å². The molecule has 2 rings (SSSR count). The number of hydrogen-bond acceptors (Lipinski definition) is 3. The maximum absolute atomic E-state index is 12.2. The number of likely N-dealkylation sites (N-methyl/N-ethyl adjacent to an activating group) is 1. The molecule has 0 spiro atoms. The van der Waals surface area contributed by atoms with Crippen LogP contribution < -0.4 is 5.32 Å². The molecule has 0 saturated heterocycles. The van der Waals surface area contributed by atoms with E-state index in [9.17, 15) is 4.79 Å². The Morgan fingerprint density at radius 1 is 1.29 bits per heavy atom. The maximum Gasteiger partial charge on any atom is 0.255 e. The van der Waals surface area contributed by atoms with E-state index in [1.807, 2.05) is 57.0 Å². The molecule has 5 nitrogen and oxygen atoms in total. The van der Waals surface area contributed by atoms with Gasteiger partial charge in [-0.25, -0.2) is 0 Å². The van der Waals surface area contributed by atoms with E-state index in [1.165, 1.54) is 5.56 Å². The number of benzene rings is 1. The third-order valence-corrected chi connectivity index (χ3v) is 3.44. The predicted molar refractivity (Wildman–Crippen MR) is 84.7 cm³/mol. The molecule has 21 heavy (non-hydrogen) atoms.